The first-order valence-electron chi connectivity index (χ1n) is 13.9. The van der Waals surface area contributed by atoms with Gasteiger partial charge in [-0.25, -0.2) is 0 Å². The maximum absolute atomic E-state index is 13.8. The van der Waals surface area contributed by atoms with E-state index in [-0.39, 0.29) is 5.92 Å². The van der Waals surface area contributed by atoms with Crippen LogP contribution in [-0.2, 0) is 38.1 Å². The Morgan fingerprint density at radius 2 is 2.06 bits per heavy atom. The van der Waals surface area contributed by atoms with Crippen LogP contribution < -0.4 is 0 Å². The average molecular weight is 491 g/mol. The van der Waals surface area contributed by atoms with Gasteiger partial charge in [0, 0.05) is 28.1 Å². The zero-order chi connectivity index (χ0) is 26.5. The number of carbonyl (C=O) groups is 3. The van der Waals surface area contributed by atoms with Gasteiger partial charge in [-0.3, -0.25) is 14.4 Å². The highest BCUT2D eigenvalue weighted by atomic mass is 16.7. The molecule has 0 aromatic carbocycles. The summed E-state index contributed by atoms with van der Waals surface area (Å²) in [6.45, 7) is 7.91. The second-order valence-corrected chi connectivity index (χ2v) is 11.6. The highest BCUT2D eigenvalue weighted by Gasteiger charge is 2.85. The number of fused-ring (bicyclic) bond motifs is 1. The lowest BCUT2D eigenvalue weighted by molar-refractivity contribution is -0.224. The quantitative estimate of drug-likeness (QED) is 0.336. The van der Waals surface area contributed by atoms with Gasteiger partial charge in [0.05, 0.1) is 24.5 Å². The first kappa shape index (κ1) is 21.2. The molecule has 1 spiro atoms. The van der Waals surface area contributed by atoms with Crippen LogP contribution in [0.1, 0.15) is 74.3 Å². The minimum Gasteiger partial charge on any atom is -0.469 e. The molecular formula is C27H36O8. The molecule has 4 bridgehead atoms. The topological polar surface area (TPSA) is 97.4 Å². The van der Waals surface area contributed by atoms with Crippen LogP contribution in [0.25, 0.3) is 0 Å². The molecule has 8 heteroatoms. The lowest BCUT2D eigenvalue weighted by Gasteiger charge is -2.47. The molecule has 35 heavy (non-hydrogen) atoms. The Morgan fingerprint density at radius 3 is 2.74 bits per heavy atom. The van der Waals surface area contributed by atoms with Crippen LogP contribution >= 0.6 is 0 Å². The molecule has 8 nitrogen and oxygen atoms in total. The van der Waals surface area contributed by atoms with Crippen LogP contribution in [0.3, 0.4) is 0 Å². The lowest BCUT2D eigenvalue weighted by atomic mass is 9.59. The van der Waals surface area contributed by atoms with E-state index in [2.05, 4.69) is 6.58 Å². The fourth-order valence-corrected chi connectivity index (χ4v) is 8.81. The number of carbonyl (C=O) groups excluding carboxylic acids is 3. The zero-order valence-electron chi connectivity index (χ0n) is 22.7. The number of esters is 3. The number of ether oxygens (including phenoxy) is 5. The molecule has 2 saturated heterocycles. The van der Waals surface area contributed by atoms with Crippen LogP contribution in [0, 0.1) is 28.6 Å². The average Bonchev–Trinajstić information content (AvgIpc) is 3.32. The molecule has 2 heterocycles. The number of rotatable bonds is 4. The smallest absolute Gasteiger partial charge is 0.315 e. The molecule has 0 N–H and O–H groups in total. The standard InChI is InChI=1S/C27H36O8/c1-15-13-25-14-26(15,34-16(2)28)10-8-17(25)27-11-9-18(33-19-7-5-6-12-32-19)24(3,23(30)35-27)21(27)20(25)22(29)31-4/h17-21H,1,5-14H2,2-4H3/t17-,18+,19?,20-,21-,24+,25+,26+,27-/m1/s1/i9D,11D/t9-,11-,17-,18+,19?,20-,21-,24+,25+,26+,27-. The van der Waals surface area contributed by atoms with Gasteiger partial charge in [0.1, 0.15) is 11.2 Å². The number of hydrogen-bond donors (Lipinski definition) is 0. The van der Waals surface area contributed by atoms with Crippen molar-refractivity contribution in [1.29, 1.82) is 0 Å². The van der Waals surface area contributed by atoms with E-state index >= 15 is 0 Å². The molecule has 4 saturated carbocycles. The molecule has 2 aliphatic heterocycles. The molecule has 11 atom stereocenters. The Morgan fingerprint density at radius 1 is 1.26 bits per heavy atom. The van der Waals surface area contributed by atoms with Crippen LogP contribution in [0.2, 0.25) is 0 Å². The Kier molecular flexibility index (Phi) is 4.56. The van der Waals surface area contributed by atoms with Gasteiger partial charge in [-0.1, -0.05) is 6.58 Å². The van der Waals surface area contributed by atoms with E-state index in [1.165, 1.54) is 14.0 Å². The Balaban J connectivity index is 1.50. The Bertz CT molecular complexity index is 1060. The SMILES string of the molecule is [2H][C@@H]1[C@@H]([2H])[C@]23OC(=O)[C@](C)([C@H]2[C@H](C(=O)OC)[C@]24CC(=C)[C@](OC(C)=O)(CC[C@H]23)C4)[C@H]1OC1CCCCO1. The summed E-state index contributed by atoms with van der Waals surface area (Å²) in [7, 11) is 1.33. The van der Waals surface area contributed by atoms with Gasteiger partial charge in [-0.2, -0.15) is 0 Å². The highest BCUT2D eigenvalue weighted by molar-refractivity contribution is 5.86. The normalized spacial score (nSPS) is 54.8. The fraction of sp³-hybridized carbons (Fsp3) is 0.815. The van der Waals surface area contributed by atoms with Crippen molar-refractivity contribution in [2.75, 3.05) is 13.7 Å². The van der Waals surface area contributed by atoms with Crippen molar-refractivity contribution in [3.63, 3.8) is 0 Å². The third-order valence-corrected chi connectivity index (χ3v) is 10.0. The molecule has 4 aliphatic carbocycles. The Hall–Kier alpha value is -1.93. The first-order chi connectivity index (χ1) is 17.5. The van der Waals surface area contributed by atoms with Gasteiger partial charge < -0.3 is 23.7 Å². The predicted molar refractivity (Wildman–Crippen MR) is 122 cm³/mol. The van der Waals surface area contributed by atoms with Crippen molar-refractivity contribution < 1.29 is 40.8 Å². The third-order valence-electron chi connectivity index (χ3n) is 10.0. The van der Waals surface area contributed by atoms with E-state index in [1.807, 2.05) is 0 Å². The molecule has 6 aliphatic rings. The van der Waals surface area contributed by atoms with E-state index in [1.54, 1.807) is 6.92 Å². The number of methoxy groups -OCH3 is 1. The maximum atomic E-state index is 13.8. The second-order valence-electron chi connectivity index (χ2n) is 11.6. The third kappa shape index (κ3) is 2.84. The summed E-state index contributed by atoms with van der Waals surface area (Å²) in [4.78, 5) is 39.6. The molecule has 0 aromatic heterocycles. The van der Waals surface area contributed by atoms with Gasteiger partial charge in [0.2, 0.25) is 0 Å². The molecular weight excluding hydrogens is 452 g/mol. The minimum atomic E-state index is -1.34. The van der Waals surface area contributed by atoms with Crippen molar-refractivity contribution in [3.8, 4) is 0 Å². The van der Waals surface area contributed by atoms with Crippen LogP contribution in [0.4, 0.5) is 0 Å². The van der Waals surface area contributed by atoms with E-state index in [9.17, 15) is 15.8 Å². The largest absolute Gasteiger partial charge is 0.469 e. The second kappa shape index (κ2) is 7.54. The van der Waals surface area contributed by atoms with Crippen molar-refractivity contribution in [2.45, 2.75) is 95.2 Å². The molecule has 6 fully saturated rings. The highest BCUT2D eigenvalue weighted by Crippen LogP contribution is 2.79. The monoisotopic (exact) mass is 490 g/mol. The summed E-state index contributed by atoms with van der Waals surface area (Å²) >= 11 is 0. The van der Waals surface area contributed by atoms with Gasteiger partial charge in [0.15, 0.2) is 6.29 Å². The first-order valence-corrected chi connectivity index (χ1v) is 12.8. The summed E-state index contributed by atoms with van der Waals surface area (Å²) in [6, 6.07) is 0. The number of hydrogen-bond acceptors (Lipinski definition) is 8. The van der Waals surface area contributed by atoms with E-state index in [4.69, 9.17) is 25.1 Å². The van der Waals surface area contributed by atoms with Crippen LogP contribution in [0.5, 0.6) is 0 Å². The van der Waals surface area contributed by atoms with E-state index in [0.717, 1.165) is 18.4 Å². The van der Waals surface area contributed by atoms with Crippen molar-refractivity contribution >= 4 is 17.9 Å². The van der Waals surface area contributed by atoms with Crippen LogP contribution in [0.15, 0.2) is 12.2 Å². The van der Waals surface area contributed by atoms with Crippen molar-refractivity contribution in [1.82, 2.24) is 0 Å². The molecule has 1 unspecified atom stereocenters. The molecule has 192 valence electrons. The molecule has 6 rings (SSSR count). The van der Waals surface area contributed by atoms with Gasteiger partial charge in [-0.15, -0.1) is 0 Å². The fourth-order valence-electron chi connectivity index (χ4n) is 8.81. The van der Waals surface area contributed by atoms with Crippen molar-refractivity contribution in [2.24, 2.45) is 28.6 Å². The lowest BCUT2D eigenvalue weighted by Crippen LogP contribution is -2.55. The van der Waals surface area contributed by atoms with E-state index < -0.39 is 77.0 Å². The van der Waals surface area contributed by atoms with Crippen LogP contribution in [-0.4, -0.2) is 55.2 Å². The Labute approximate surface area is 208 Å². The summed E-state index contributed by atoms with van der Waals surface area (Å²) in [6.07, 6.45) is 0.455. The van der Waals surface area contributed by atoms with Gasteiger partial charge in [0.25, 0.3) is 0 Å². The van der Waals surface area contributed by atoms with Crippen molar-refractivity contribution in [3.05, 3.63) is 12.2 Å². The summed E-state index contributed by atoms with van der Waals surface area (Å²) < 4.78 is 48.1. The van der Waals surface area contributed by atoms with Gasteiger partial charge in [-0.05, 0) is 75.7 Å². The molecule has 0 aromatic rings. The minimum absolute atomic E-state index is 0.362. The summed E-state index contributed by atoms with van der Waals surface area (Å²) in [5.41, 5.74) is -3.60. The molecule has 0 amide bonds. The van der Waals surface area contributed by atoms with Gasteiger partial charge >= 0.3 is 17.9 Å². The zero-order valence-corrected chi connectivity index (χ0v) is 20.7. The maximum Gasteiger partial charge on any atom is 0.315 e. The summed E-state index contributed by atoms with van der Waals surface area (Å²) in [5, 5.41) is 0. The van der Waals surface area contributed by atoms with E-state index in [0.29, 0.717) is 38.7 Å². The predicted octanol–water partition coefficient (Wildman–Crippen LogP) is 3.46. The summed E-state index contributed by atoms with van der Waals surface area (Å²) in [5.74, 6) is -3.30. The molecule has 0 radical (unpaired) electrons.